The second-order valence-electron chi connectivity index (χ2n) is 8.50. The number of nitro benzene ring substituents is 1. The number of carbonyl (C=O) groups excluding carboxylic acids is 1. The fraction of sp³-hybridized carbons (Fsp3) is 0.333. The molecule has 0 spiro atoms. The third-order valence-corrected chi connectivity index (χ3v) is 6.15. The highest BCUT2D eigenvalue weighted by Crippen LogP contribution is 2.38. The van der Waals surface area contributed by atoms with Crippen LogP contribution in [0.15, 0.2) is 48.5 Å². The van der Waals surface area contributed by atoms with Crippen molar-refractivity contribution in [2.45, 2.75) is 44.0 Å². The van der Waals surface area contributed by atoms with Gasteiger partial charge in [0.15, 0.2) is 0 Å². The highest BCUT2D eigenvalue weighted by Gasteiger charge is 2.38. The van der Waals surface area contributed by atoms with Crippen molar-refractivity contribution in [1.82, 2.24) is 4.98 Å². The summed E-state index contributed by atoms with van der Waals surface area (Å²) in [6, 6.07) is 11.5. The molecule has 0 unspecified atom stereocenters. The number of aromatic nitrogens is 1. The molecule has 1 saturated carbocycles. The van der Waals surface area contributed by atoms with Gasteiger partial charge in [0.25, 0.3) is 11.6 Å². The zero-order valence-corrected chi connectivity index (χ0v) is 19.6. The van der Waals surface area contributed by atoms with Gasteiger partial charge in [0.05, 0.1) is 16.5 Å². The first kappa shape index (κ1) is 25.6. The monoisotopic (exact) mass is 522 g/mol. The van der Waals surface area contributed by atoms with Crippen molar-refractivity contribution in [2.75, 3.05) is 17.2 Å². The smallest absolute Gasteiger partial charge is 0.382 e. The lowest BCUT2D eigenvalue weighted by Crippen LogP contribution is -2.31. The second-order valence-corrected chi connectivity index (χ2v) is 8.93. The number of fused-ring (bicyclic) bond motifs is 1. The molecule has 3 aromatic rings. The van der Waals surface area contributed by atoms with Crippen LogP contribution in [0.2, 0.25) is 5.02 Å². The van der Waals surface area contributed by atoms with Gasteiger partial charge in [-0.3, -0.25) is 14.9 Å². The number of nitrogens with zero attached hydrogens (tertiary/aromatic N) is 2. The summed E-state index contributed by atoms with van der Waals surface area (Å²) in [4.78, 5) is 26.5. The van der Waals surface area contributed by atoms with E-state index in [2.05, 4.69) is 15.6 Å². The van der Waals surface area contributed by atoms with Crippen LogP contribution in [-0.4, -0.2) is 34.6 Å². The number of nitro groups is 1. The van der Waals surface area contributed by atoms with Crippen LogP contribution in [0.5, 0.6) is 0 Å². The number of pyridine rings is 1. The summed E-state index contributed by atoms with van der Waals surface area (Å²) in [5, 5.41) is 18.1. The molecule has 1 amide bonds. The minimum Gasteiger partial charge on any atom is -0.382 e. The molecule has 4 rings (SSSR count). The zero-order chi connectivity index (χ0) is 25.9. The van der Waals surface area contributed by atoms with Crippen molar-refractivity contribution < 1.29 is 27.6 Å². The molecule has 0 atom stereocenters. The van der Waals surface area contributed by atoms with E-state index >= 15 is 0 Å². The van der Waals surface area contributed by atoms with Crippen LogP contribution in [0, 0.1) is 10.1 Å². The number of ether oxygens (including phenoxy) is 1. The molecule has 36 heavy (non-hydrogen) atoms. The summed E-state index contributed by atoms with van der Waals surface area (Å²) in [5.41, 5.74) is -1.40. The van der Waals surface area contributed by atoms with Crippen LogP contribution in [-0.2, 0) is 15.7 Å². The van der Waals surface area contributed by atoms with Gasteiger partial charge in [-0.05, 0) is 68.1 Å². The Kier molecular flexibility index (Phi) is 7.60. The van der Waals surface area contributed by atoms with Crippen molar-refractivity contribution in [3.05, 3.63) is 69.2 Å². The number of hydrogen-bond donors (Lipinski definition) is 2. The summed E-state index contributed by atoms with van der Waals surface area (Å²) < 4.78 is 45.3. The molecule has 1 aliphatic rings. The van der Waals surface area contributed by atoms with Gasteiger partial charge in [0.2, 0.25) is 0 Å². The molecular formula is C24H22ClF3N4O4. The standard InChI is InChI=1S/C24H22ClF3N4O4/c25-15-2-8-20-14(11-15)1-10-22(30-20)31-23(33)13-36-18-6-3-16(4-7-18)29-17-5-9-21(32(34)35)19(12-17)24(26,27)28/h1-2,5,8-12,16,18,29H,3-4,6-7,13H2,(H,30,31,33)/t16-,18-. The number of halogens is 4. The summed E-state index contributed by atoms with van der Waals surface area (Å²) in [7, 11) is 0. The number of nitrogens with one attached hydrogen (secondary N) is 2. The Hall–Kier alpha value is -3.44. The molecule has 8 nitrogen and oxygen atoms in total. The predicted molar refractivity (Wildman–Crippen MR) is 129 cm³/mol. The van der Waals surface area contributed by atoms with Gasteiger partial charge in [0, 0.05) is 28.2 Å². The Morgan fingerprint density at radius 1 is 1.11 bits per heavy atom. The van der Waals surface area contributed by atoms with E-state index in [0.717, 1.165) is 17.5 Å². The van der Waals surface area contributed by atoms with E-state index in [1.54, 1.807) is 24.3 Å². The van der Waals surface area contributed by atoms with E-state index in [1.165, 1.54) is 6.07 Å². The lowest BCUT2D eigenvalue weighted by Gasteiger charge is -2.29. The number of benzene rings is 2. The van der Waals surface area contributed by atoms with Crippen molar-refractivity contribution >= 4 is 45.6 Å². The van der Waals surface area contributed by atoms with Crippen molar-refractivity contribution in [1.29, 1.82) is 0 Å². The third-order valence-electron chi connectivity index (χ3n) is 5.91. The first-order valence-corrected chi connectivity index (χ1v) is 11.6. The third kappa shape index (κ3) is 6.41. The van der Waals surface area contributed by atoms with E-state index in [-0.39, 0.29) is 30.3 Å². The van der Waals surface area contributed by atoms with Crippen LogP contribution in [0.1, 0.15) is 31.2 Å². The Labute approximate surface area is 208 Å². The summed E-state index contributed by atoms with van der Waals surface area (Å²) in [6.45, 7) is -0.152. The molecule has 1 heterocycles. The van der Waals surface area contributed by atoms with Gasteiger partial charge < -0.3 is 15.4 Å². The number of rotatable bonds is 7. The summed E-state index contributed by atoms with van der Waals surface area (Å²) in [6.07, 6.45) is -2.55. The van der Waals surface area contributed by atoms with Gasteiger partial charge in [-0.15, -0.1) is 0 Å². The van der Waals surface area contributed by atoms with E-state index in [0.29, 0.717) is 42.0 Å². The first-order chi connectivity index (χ1) is 17.1. The zero-order valence-electron chi connectivity index (χ0n) is 18.8. The minimum atomic E-state index is -4.83. The average Bonchev–Trinajstić information content (AvgIpc) is 2.83. The second kappa shape index (κ2) is 10.7. The van der Waals surface area contributed by atoms with Crippen LogP contribution in [0.3, 0.4) is 0 Å². The van der Waals surface area contributed by atoms with Gasteiger partial charge in [-0.2, -0.15) is 13.2 Å². The van der Waals surface area contributed by atoms with E-state index in [1.807, 2.05) is 6.07 Å². The van der Waals surface area contributed by atoms with Crippen LogP contribution in [0.4, 0.5) is 30.4 Å². The van der Waals surface area contributed by atoms with Gasteiger partial charge >= 0.3 is 6.18 Å². The number of carbonyl (C=O) groups is 1. The van der Waals surface area contributed by atoms with Gasteiger partial charge in [-0.1, -0.05) is 11.6 Å². The van der Waals surface area contributed by atoms with Gasteiger partial charge in [-0.25, -0.2) is 4.98 Å². The molecule has 2 N–H and O–H groups in total. The molecule has 2 aromatic carbocycles. The average molecular weight is 523 g/mol. The topological polar surface area (TPSA) is 106 Å². The Balaban J connectivity index is 1.25. The molecule has 190 valence electrons. The number of anilines is 2. The van der Waals surface area contributed by atoms with Gasteiger partial charge in [0.1, 0.15) is 18.0 Å². The molecule has 0 bridgehead atoms. The Morgan fingerprint density at radius 3 is 2.56 bits per heavy atom. The normalized spacial score (nSPS) is 18.1. The van der Waals surface area contributed by atoms with Crippen LogP contribution < -0.4 is 10.6 Å². The first-order valence-electron chi connectivity index (χ1n) is 11.2. The summed E-state index contributed by atoms with van der Waals surface area (Å²) in [5.74, 6) is 0.0503. The summed E-state index contributed by atoms with van der Waals surface area (Å²) >= 11 is 5.96. The lowest BCUT2D eigenvalue weighted by molar-refractivity contribution is -0.388. The quantitative estimate of drug-likeness (QED) is 0.283. The Bertz CT molecular complexity index is 1280. The van der Waals surface area contributed by atoms with Crippen molar-refractivity contribution in [2.24, 2.45) is 0 Å². The van der Waals surface area contributed by atoms with Crippen molar-refractivity contribution in [3.8, 4) is 0 Å². The number of hydrogen-bond acceptors (Lipinski definition) is 6. The predicted octanol–water partition coefficient (Wildman–Crippen LogP) is 6.19. The van der Waals surface area contributed by atoms with E-state index in [9.17, 15) is 28.1 Å². The Morgan fingerprint density at radius 2 is 1.86 bits per heavy atom. The highest BCUT2D eigenvalue weighted by atomic mass is 35.5. The van der Waals surface area contributed by atoms with E-state index < -0.39 is 22.4 Å². The number of amides is 1. The highest BCUT2D eigenvalue weighted by molar-refractivity contribution is 6.31. The van der Waals surface area contributed by atoms with Crippen molar-refractivity contribution in [3.63, 3.8) is 0 Å². The molecule has 12 heteroatoms. The molecule has 1 aliphatic carbocycles. The molecule has 0 saturated heterocycles. The maximum Gasteiger partial charge on any atom is 0.423 e. The lowest BCUT2D eigenvalue weighted by atomic mass is 9.92. The molecule has 1 aromatic heterocycles. The maximum atomic E-state index is 13.2. The maximum absolute atomic E-state index is 13.2. The molecular weight excluding hydrogens is 501 g/mol. The molecule has 1 fully saturated rings. The minimum absolute atomic E-state index is 0.114. The molecule has 0 radical (unpaired) electrons. The fourth-order valence-electron chi connectivity index (χ4n) is 4.16. The largest absolute Gasteiger partial charge is 0.423 e. The number of alkyl halides is 3. The molecule has 0 aliphatic heterocycles. The van der Waals surface area contributed by atoms with Crippen LogP contribution >= 0.6 is 11.6 Å². The van der Waals surface area contributed by atoms with Crippen LogP contribution in [0.25, 0.3) is 10.9 Å². The SMILES string of the molecule is O=C(CO[C@H]1CC[C@H](Nc2ccc([N+](=O)[O-])c(C(F)(F)F)c2)CC1)Nc1ccc2cc(Cl)ccc2n1. The fourth-order valence-corrected chi connectivity index (χ4v) is 4.34. The van der Waals surface area contributed by atoms with E-state index in [4.69, 9.17) is 16.3 Å².